The van der Waals surface area contributed by atoms with Gasteiger partial charge in [-0.3, -0.25) is 4.79 Å². The van der Waals surface area contributed by atoms with Crippen molar-refractivity contribution in [2.45, 2.75) is 56.2 Å². The third-order valence-corrected chi connectivity index (χ3v) is 6.39. The number of thiazole rings is 1. The summed E-state index contributed by atoms with van der Waals surface area (Å²) in [5, 5.41) is 3.22. The third kappa shape index (κ3) is 4.19. The highest BCUT2D eigenvalue weighted by molar-refractivity contribution is 7.98. The van der Waals surface area contributed by atoms with E-state index in [0.717, 1.165) is 41.4 Å². The Hall–Kier alpha value is -1.33. The van der Waals surface area contributed by atoms with E-state index in [1.807, 2.05) is 24.0 Å². The van der Waals surface area contributed by atoms with Gasteiger partial charge < -0.3 is 4.90 Å². The minimum Gasteiger partial charge on any atom is -0.336 e. The van der Waals surface area contributed by atoms with Crippen molar-refractivity contribution in [1.29, 1.82) is 0 Å². The highest BCUT2D eigenvalue weighted by Crippen LogP contribution is 2.27. The van der Waals surface area contributed by atoms with E-state index in [0.29, 0.717) is 6.04 Å². The molecule has 0 N–H and O–H groups in total. The molecule has 0 atom stereocenters. The molecule has 0 unspecified atom stereocenters. The lowest BCUT2D eigenvalue weighted by molar-refractivity contribution is 0.0693. The number of hydrogen-bond acceptors (Lipinski definition) is 4. The summed E-state index contributed by atoms with van der Waals surface area (Å²) < 4.78 is 0. The van der Waals surface area contributed by atoms with Crippen LogP contribution in [0.2, 0.25) is 0 Å². The number of nitrogens with zero attached hydrogens (tertiary/aromatic N) is 2. The number of aryl methyl sites for hydroxylation is 1. The van der Waals surface area contributed by atoms with Gasteiger partial charge in [-0.25, -0.2) is 4.98 Å². The van der Waals surface area contributed by atoms with Crippen LogP contribution in [0.4, 0.5) is 0 Å². The Balaban J connectivity index is 1.61. The number of hydrogen-bond donors (Lipinski definition) is 0. The molecule has 0 spiro atoms. The van der Waals surface area contributed by atoms with Crippen molar-refractivity contribution in [3.05, 3.63) is 45.9 Å². The molecular formula is C19H24N2OS2. The molecule has 128 valence electrons. The van der Waals surface area contributed by atoms with Crippen molar-refractivity contribution < 1.29 is 4.79 Å². The second kappa shape index (κ2) is 8.17. The van der Waals surface area contributed by atoms with Crippen molar-refractivity contribution in [1.82, 2.24) is 9.88 Å². The van der Waals surface area contributed by atoms with Gasteiger partial charge in [-0.15, -0.1) is 23.1 Å². The smallest absolute Gasteiger partial charge is 0.254 e. The molecule has 0 aliphatic heterocycles. The summed E-state index contributed by atoms with van der Waals surface area (Å²) in [6, 6.07) is 8.48. The van der Waals surface area contributed by atoms with Crippen LogP contribution in [0.1, 0.15) is 53.7 Å². The summed E-state index contributed by atoms with van der Waals surface area (Å²) in [7, 11) is 0. The van der Waals surface area contributed by atoms with Crippen LogP contribution in [0.3, 0.4) is 0 Å². The van der Waals surface area contributed by atoms with Gasteiger partial charge in [0.05, 0.1) is 10.7 Å². The average molecular weight is 361 g/mol. The van der Waals surface area contributed by atoms with E-state index < -0.39 is 0 Å². The molecule has 1 aliphatic carbocycles. The maximum absolute atomic E-state index is 12.8. The van der Waals surface area contributed by atoms with Crippen LogP contribution in [0.15, 0.2) is 34.5 Å². The molecule has 1 aromatic carbocycles. The monoisotopic (exact) mass is 360 g/mol. The highest BCUT2D eigenvalue weighted by atomic mass is 32.2. The maximum Gasteiger partial charge on any atom is 0.254 e. The van der Waals surface area contributed by atoms with E-state index >= 15 is 0 Å². The van der Waals surface area contributed by atoms with E-state index in [1.165, 1.54) is 17.7 Å². The Morgan fingerprint density at radius 2 is 2.00 bits per heavy atom. The molecule has 2 aromatic rings. The van der Waals surface area contributed by atoms with E-state index in [9.17, 15) is 4.79 Å². The van der Waals surface area contributed by atoms with Gasteiger partial charge in [0.25, 0.3) is 5.91 Å². The van der Waals surface area contributed by atoms with Crippen LogP contribution in [0.5, 0.6) is 0 Å². The molecule has 1 amide bonds. The van der Waals surface area contributed by atoms with Crippen molar-refractivity contribution in [2.24, 2.45) is 0 Å². The minimum atomic E-state index is 0.177. The second-order valence-electron chi connectivity index (χ2n) is 6.20. The summed E-state index contributed by atoms with van der Waals surface area (Å²) in [4.78, 5) is 20.5. The molecule has 1 heterocycles. The third-order valence-electron chi connectivity index (χ3n) is 4.52. The SMILES string of the molecule is CCN(C(=O)c1ccc(SCc2csc(C)n2)cc1)C1CCCC1. The first-order chi connectivity index (χ1) is 11.7. The second-order valence-corrected chi connectivity index (χ2v) is 8.31. The van der Waals surface area contributed by atoms with Crippen molar-refractivity contribution >= 4 is 29.0 Å². The van der Waals surface area contributed by atoms with E-state index in [2.05, 4.69) is 29.4 Å². The molecule has 1 aromatic heterocycles. The first kappa shape index (κ1) is 17.5. The Labute approximate surface area is 152 Å². The fourth-order valence-corrected chi connectivity index (χ4v) is 4.78. The molecule has 1 saturated carbocycles. The number of aromatic nitrogens is 1. The number of carbonyl (C=O) groups is 1. The Bertz CT molecular complexity index is 675. The van der Waals surface area contributed by atoms with Gasteiger partial charge in [-0.2, -0.15) is 0 Å². The van der Waals surface area contributed by atoms with E-state index in [-0.39, 0.29) is 5.91 Å². The van der Waals surface area contributed by atoms with Crippen LogP contribution in [0, 0.1) is 6.92 Å². The summed E-state index contributed by atoms with van der Waals surface area (Å²) in [5.74, 6) is 1.05. The Kier molecular flexibility index (Phi) is 5.95. The normalized spacial score (nSPS) is 14.9. The standard InChI is InChI=1S/C19H24N2OS2/c1-3-21(17-6-4-5-7-17)19(22)15-8-10-18(11-9-15)24-13-16-12-23-14(2)20-16/h8-12,17H,3-7,13H2,1-2H3. The zero-order chi connectivity index (χ0) is 16.9. The van der Waals surface area contributed by atoms with Crippen LogP contribution < -0.4 is 0 Å². The van der Waals surface area contributed by atoms with Crippen LogP contribution in [0.25, 0.3) is 0 Å². The first-order valence-corrected chi connectivity index (χ1v) is 10.5. The van der Waals surface area contributed by atoms with Gasteiger partial charge in [0.15, 0.2) is 0 Å². The van der Waals surface area contributed by atoms with Crippen molar-refractivity contribution in [3.8, 4) is 0 Å². The molecular weight excluding hydrogens is 336 g/mol. The Morgan fingerprint density at radius 1 is 1.29 bits per heavy atom. The fraction of sp³-hybridized carbons (Fsp3) is 0.474. The summed E-state index contributed by atoms with van der Waals surface area (Å²) in [6.07, 6.45) is 4.81. The number of rotatable bonds is 6. The molecule has 0 bridgehead atoms. The van der Waals surface area contributed by atoms with Gasteiger partial charge >= 0.3 is 0 Å². The van der Waals surface area contributed by atoms with Gasteiger partial charge in [0, 0.05) is 34.2 Å². The zero-order valence-corrected chi connectivity index (χ0v) is 16.0. The topological polar surface area (TPSA) is 33.2 Å². The van der Waals surface area contributed by atoms with Gasteiger partial charge in [-0.1, -0.05) is 12.8 Å². The summed E-state index contributed by atoms with van der Waals surface area (Å²) >= 11 is 3.45. The molecule has 1 fully saturated rings. The largest absolute Gasteiger partial charge is 0.336 e. The molecule has 24 heavy (non-hydrogen) atoms. The quantitative estimate of drug-likeness (QED) is 0.668. The maximum atomic E-state index is 12.8. The fourth-order valence-electron chi connectivity index (χ4n) is 3.27. The molecule has 3 rings (SSSR count). The molecule has 0 saturated heterocycles. The molecule has 1 aliphatic rings. The van der Waals surface area contributed by atoms with Crippen LogP contribution >= 0.6 is 23.1 Å². The van der Waals surface area contributed by atoms with Crippen molar-refractivity contribution in [3.63, 3.8) is 0 Å². The number of thioether (sulfide) groups is 1. The molecule has 3 nitrogen and oxygen atoms in total. The Morgan fingerprint density at radius 3 is 2.58 bits per heavy atom. The average Bonchev–Trinajstić information content (AvgIpc) is 3.26. The zero-order valence-electron chi connectivity index (χ0n) is 14.3. The summed E-state index contributed by atoms with van der Waals surface area (Å²) in [5.41, 5.74) is 1.93. The number of benzene rings is 1. The lowest BCUT2D eigenvalue weighted by Gasteiger charge is -2.27. The van der Waals surface area contributed by atoms with E-state index in [4.69, 9.17) is 0 Å². The van der Waals surface area contributed by atoms with Gasteiger partial charge in [0.2, 0.25) is 0 Å². The molecule has 5 heteroatoms. The minimum absolute atomic E-state index is 0.177. The highest BCUT2D eigenvalue weighted by Gasteiger charge is 2.25. The van der Waals surface area contributed by atoms with Crippen molar-refractivity contribution in [2.75, 3.05) is 6.54 Å². The van der Waals surface area contributed by atoms with Gasteiger partial charge in [-0.05, 0) is 51.0 Å². The first-order valence-electron chi connectivity index (χ1n) is 8.62. The predicted molar refractivity (Wildman–Crippen MR) is 102 cm³/mol. The number of amides is 1. The van der Waals surface area contributed by atoms with Crippen LogP contribution in [-0.4, -0.2) is 28.4 Å². The van der Waals surface area contributed by atoms with Gasteiger partial charge in [0.1, 0.15) is 0 Å². The number of carbonyl (C=O) groups excluding carboxylic acids is 1. The predicted octanol–water partition coefficient (Wildman–Crippen LogP) is 5.15. The van der Waals surface area contributed by atoms with Crippen LogP contribution in [-0.2, 0) is 5.75 Å². The van der Waals surface area contributed by atoms with E-state index in [1.54, 1.807) is 23.1 Å². The molecule has 0 radical (unpaired) electrons. The lowest BCUT2D eigenvalue weighted by Crippen LogP contribution is -2.38. The lowest BCUT2D eigenvalue weighted by atomic mass is 10.1. The summed E-state index contributed by atoms with van der Waals surface area (Å²) in [6.45, 7) is 4.91.